The number of carbonyl (C=O) groups excluding carboxylic acids is 2. The molecule has 14 nitrogen and oxygen atoms in total. The van der Waals surface area contributed by atoms with Gasteiger partial charge < -0.3 is 50.7 Å². The molecule has 316 valence electrons. The maximum absolute atomic E-state index is 12.9. The summed E-state index contributed by atoms with van der Waals surface area (Å²) in [5.74, 6) is 0.699. The molecule has 4 heterocycles. The number of nitrogens with one attached hydrogen (secondary N) is 2. The SMILES string of the molecule is CCC[C@@H]1C[C@@H](C(=O)NC(C(C)Cl)[C@H]2O[C@H](SC)[C@H](O)[C@@H](O)[C@H]2O)N(C)C1.CCC[C@@H]1C[C@@H](C(=O)N[C@@H]([C@H]2O[C@H](SC)[C@H](O)[C@@H](O)[C@H]2O)[C@H](C)Cl)N(C)C1. The highest BCUT2D eigenvalue weighted by molar-refractivity contribution is 7.99. The molecule has 18 atom stereocenters. The molecule has 0 radical (unpaired) electrons. The normalized spacial score (nSPS) is 39.9. The third kappa shape index (κ3) is 12.0. The number of hydrogen-bond acceptors (Lipinski definition) is 14. The van der Waals surface area contributed by atoms with Gasteiger partial charge in [-0.15, -0.1) is 46.7 Å². The Balaban J connectivity index is 0.000000290. The number of likely N-dealkylation sites (tertiary alicyclic amines) is 2. The van der Waals surface area contributed by atoms with Crippen molar-refractivity contribution >= 4 is 58.5 Å². The summed E-state index contributed by atoms with van der Waals surface area (Å²) in [6.07, 6.45) is -0.196. The van der Waals surface area contributed by atoms with E-state index in [1.807, 2.05) is 23.9 Å². The number of carbonyl (C=O) groups is 2. The van der Waals surface area contributed by atoms with Crippen molar-refractivity contribution < 1.29 is 49.7 Å². The highest BCUT2D eigenvalue weighted by atomic mass is 35.5. The fourth-order valence-electron chi connectivity index (χ4n) is 8.23. The molecule has 0 bridgehead atoms. The zero-order valence-electron chi connectivity index (χ0n) is 32.8. The van der Waals surface area contributed by atoms with E-state index in [1.165, 1.54) is 23.5 Å². The Morgan fingerprint density at radius 1 is 0.667 bits per heavy atom. The summed E-state index contributed by atoms with van der Waals surface area (Å²) in [6.45, 7) is 9.48. The standard InChI is InChI=1S/2C18H33ClN2O5S/c2*1-5-6-10-7-11(21(3)8-10)17(25)20-12(9(2)19)16-14(23)13(22)15(24)18(26-16)27-4/h2*9-16,18,22-24H,5-8H2,1-4H3,(H,20,25)/t9?,10-,11+,12?,13+,14-,15-,16-,18-;9-,10+,11-,12+,13-,14+,15+,16+,18+/m10/s1. The number of halogens is 2. The molecule has 2 amide bonds. The molecule has 4 fully saturated rings. The average molecular weight is 850 g/mol. The fraction of sp³-hybridized carbons (Fsp3) is 0.944. The molecular formula is C36H66Cl2N4O10S2. The summed E-state index contributed by atoms with van der Waals surface area (Å²) in [5, 5.41) is 66.0. The lowest BCUT2D eigenvalue weighted by molar-refractivity contribution is -0.205. The molecule has 18 heteroatoms. The lowest BCUT2D eigenvalue weighted by atomic mass is 9.92. The first-order valence-electron chi connectivity index (χ1n) is 19.2. The van der Waals surface area contributed by atoms with E-state index in [4.69, 9.17) is 32.7 Å². The molecule has 0 aliphatic carbocycles. The first kappa shape index (κ1) is 48.2. The van der Waals surface area contributed by atoms with Gasteiger partial charge in [-0.1, -0.05) is 26.7 Å². The van der Waals surface area contributed by atoms with Crippen molar-refractivity contribution in [3.8, 4) is 0 Å². The first-order chi connectivity index (χ1) is 25.4. The van der Waals surface area contributed by atoms with Gasteiger partial charge in [0.05, 0.1) is 34.9 Å². The van der Waals surface area contributed by atoms with Crippen molar-refractivity contribution in [3.05, 3.63) is 0 Å². The minimum atomic E-state index is -1.36. The van der Waals surface area contributed by atoms with Crippen LogP contribution in [0.5, 0.6) is 0 Å². The second kappa shape index (κ2) is 22.3. The van der Waals surface area contributed by atoms with Crippen LogP contribution in [-0.4, -0.2) is 187 Å². The topological polar surface area (TPSA) is 205 Å². The molecule has 0 saturated carbocycles. The summed E-state index contributed by atoms with van der Waals surface area (Å²) in [7, 11) is 3.88. The number of thioether (sulfide) groups is 2. The fourth-order valence-corrected chi connectivity index (χ4v) is 10.00. The van der Waals surface area contributed by atoms with Gasteiger partial charge in [0.15, 0.2) is 0 Å². The van der Waals surface area contributed by atoms with Gasteiger partial charge in [-0.25, -0.2) is 0 Å². The molecule has 2 unspecified atom stereocenters. The first-order valence-corrected chi connectivity index (χ1v) is 22.6. The van der Waals surface area contributed by atoms with Crippen LogP contribution in [-0.2, 0) is 19.1 Å². The van der Waals surface area contributed by atoms with Crippen LogP contribution in [0.1, 0.15) is 66.2 Å². The Morgan fingerprint density at radius 3 is 1.28 bits per heavy atom. The number of nitrogens with zero attached hydrogens (tertiary/aromatic N) is 2. The Bertz CT molecular complexity index is 1080. The Morgan fingerprint density at radius 2 is 1.00 bits per heavy atom. The van der Waals surface area contributed by atoms with Gasteiger partial charge >= 0.3 is 0 Å². The lowest BCUT2D eigenvalue weighted by Gasteiger charge is -2.44. The van der Waals surface area contributed by atoms with Gasteiger partial charge in [-0.3, -0.25) is 19.4 Å². The molecule has 0 spiro atoms. The molecule has 4 aliphatic rings. The number of likely N-dealkylation sites (N-methyl/N-ethyl adjacent to an activating group) is 2. The Hall–Kier alpha value is -0.180. The number of alkyl halides is 2. The Labute approximate surface area is 339 Å². The molecule has 0 aromatic rings. The number of aliphatic hydroxyl groups excluding tert-OH is 6. The van der Waals surface area contributed by atoms with Crippen molar-refractivity contribution in [1.29, 1.82) is 0 Å². The zero-order valence-corrected chi connectivity index (χ0v) is 36.0. The van der Waals surface area contributed by atoms with E-state index in [0.717, 1.165) is 51.6 Å². The molecular weight excluding hydrogens is 783 g/mol. The van der Waals surface area contributed by atoms with E-state index >= 15 is 0 Å². The van der Waals surface area contributed by atoms with Crippen molar-refractivity contribution in [2.45, 2.75) is 161 Å². The Kier molecular flexibility index (Phi) is 19.9. The highest BCUT2D eigenvalue weighted by Crippen LogP contribution is 2.33. The van der Waals surface area contributed by atoms with Gasteiger partial charge in [0.2, 0.25) is 11.8 Å². The van der Waals surface area contributed by atoms with E-state index in [2.05, 4.69) is 24.5 Å². The minimum Gasteiger partial charge on any atom is -0.388 e. The van der Waals surface area contributed by atoms with Crippen LogP contribution in [0.3, 0.4) is 0 Å². The van der Waals surface area contributed by atoms with Gasteiger partial charge in [-0.2, -0.15) is 0 Å². The predicted octanol–water partition coefficient (Wildman–Crippen LogP) is 0.779. The van der Waals surface area contributed by atoms with Crippen LogP contribution in [0.15, 0.2) is 0 Å². The summed E-state index contributed by atoms with van der Waals surface area (Å²) in [5.41, 5.74) is -1.40. The maximum atomic E-state index is 12.9. The maximum Gasteiger partial charge on any atom is 0.237 e. The van der Waals surface area contributed by atoms with Gasteiger partial charge in [0.25, 0.3) is 0 Å². The number of rotatable bonds is 14. The summed E-state index contributed by atoms with van der Waals surface area (Å²) < 4.78 is 11.6. The van der Waals surface area contributed by atoms with Crippen molar-refractivity contribution in [2.24, 2.45) is 11.8 Å². The molecule has 4 rings (SSSR count). The van der Waals surface area contributed by atoms with Crippen LogP contribution in [0, 0.1) is 11.8 Å². The average Bonchev–Trinajstić information content (AvgIpc) is 3.69. The largest absolute Gasteiger partial charge is 0.388 e. The predicted molar refractivity (Wildman–Crippen MR) is 214 cm³/mol. The monoisotopic (exact) mass is 848 g/mol. The summed E-state index contributed by atoms with van der Waals surface area (Å²) >= 11 is 15.1. The molecule has 0 aromatic carbocycles. The summed E-state index contributed by atoms with van der Waals surface area (Å²) in [6, 6.07) is -1.87. The quantitative estimate of drug-likeness (QED) is 0.114. The van der Waals surface area contributed by atoms with E-state index in [9.17, 15) is 40.2 Å². The van der Waals surface area contributed by atoms with Crippen LogP contribution < -0.4 is 10.6 Å². The molecule has 4 aliphatic heterocycles. The van der Waals surface area contributed by atoms with E-state index in [0.29, 0.717) is 11.8 Å². The molecule has 4 saturated heterocycles. The van der Waals surface area contributed by atoms with E-state index in [1.54, 1.807) is 26.4 Å². The second-order valence-corrected chi connectivity index (χ2v) is 18.7. The number of aliphatic hydroxyl groups is 6. The van der Waals surface area contributed by atoms with Crippen LogP contribution in [0.2, 0.25) is 0 Å². The number of hydrogen-bond donors (Lipinski definition) is 8. The van der Waals surface area contributed by atoms with E-state index < -0.39 is 82.5 Å². The van der Waals surface area contributed by atoms with Crippen LogP contribution >= 0.6 is 46.7 Å². The second-order valence-electron chi connectivity index (χ2n) is 15.5. The van der Waals surface area contributed by atoms with Crippen molar-refractivity contribution in [2.75, 3.05) is 39.7 Å². The number of amides is 2. The highest BCUT2D eigenvalue weighted by Gasteiger charge is 2.50. The third-order valence-corrected chi connectivity index (χ3v) is 13.5. The van der Waals surface area contributed by atoms with Crippen molar-refractivity contribution in [3.63, 3.8) is 0 Å². The summed E-state index contributed by atoms with van der Waals surface area (Å²) in [4.78, 5) is 29.9. The molecule has 8 N–H and O–H groups in total. The van der Waals surface area contributed by atoms with Gasteiger partial charge in [0.1, 0.15) is 59.7 Å². The molecule has 54 heavy (non-hydrogen) atoms. The molecule has 0 aromatic heterocycles. The number of ether oxygens (including phenoxy) is 2. The van der Waals surface area contributed by atoms with Crippen LogP contribution in [0.25, 0.3) is 0 Å². The van der Waals surface area contributed by atoms with E-state index in [-0.39, 0.29) is 23.9 Å². The van der Waals surface area contributed by atoms with Crippen molar-refractivity contribution in [1.82, 2.24) is 20.4 Å². The van der Waals surface area contributed by atoms with Gasteiger partial charge in [-0.05, 0) is 78.0 Å². The minimum absolute atomic E-state index is 0.147. The van der Waals surface area contributed by atoms with Crippen LogP contribution in [0.4, 0.5) is 0 Å². The third-order valence-electron chi connectivity index (χ3n) is 11.3. The smallest absolute Gasteiger partial charge is 0.237 e. The zero-order chi connectivity index (χ0) is 40.6. The van der Waals surface area contributed by atoms with Gasteiger partial charge in [0, 0.05) is 13.1 Å². The lowest BCUT2D eigenvalue weighted by Crippen LogP contribution is -2.65.